The van der Waals surface area contributed by atoms with Crippen LogP contribution < -0.4 is 9.47 Å². The van der Waals surface area contributed by atoms with Crippen molar-refractivity contribution in [3.05, 3.63) is 42.5 Å². The molecule has 1 aliphatic rings. The summed E-state index contributed by atoms with van der Waals surface area (Å²) < 4.78 is 10.9. The zero-order valence-electron chi connectivity index (χ0n) is 12.9. The molecule has 0 aliphatic carbocycles. The average molecular weight is 314 g/mol. The highest BCUT2D eigenvalue weighted by atomic mass is 16.5. The highest BCUT2D eigenvalue weighted by Crippen LogP contribution is 2.19. The molecule has 3 rings (SSSR count). The van der Waals surface area contributed by atoms with E-state index in [9.17, 15) is 4.79 Å². The molecule has 2 aromatic heterocycles. The summed E-state index contributed by atoms with van der Waals surface area (Å²) in [5, 5.41) is 0. The normalized spacial score (nSPS) is 17.6. The number of amides is 1. The zero-order valence-corrected chi connectivity index (χ0v) is 12.9. The lowest BCUT2D eigenvalue weighted by Crippen LogP contribution is -2.44. The molecule has 7 nitrogen and oxygen atoms in total. The van der Waals surface area contributed by atoms with Gasteiger partial charge in [0.1, 0.15) is 11.8 Å². The number of ether oxygens (including phenoxy) is 2. The minimum absolute atomic E-state index is 0.0735. The summed E-state index contributed by atoms with van der Waals surface area (Å²) in [6.45, 7) is 1.22. The maximum absolute atomic E-state index is 12.5. The Hall–Kier alpha value is -2.70. The summed E-state index contributed by atoms with van der Waals surface area (Å²) in [6, 6.07) is 5.32. The second-order valence-electron chi connectivity index (χ2n) is 5.25. The third-order valence-corrected chi connectivity index (χ3v) is 3.64. The fourth-order valence-corrected chi connectivity index (χ4v) is 2.53. The lowest BCUT2D eigenvalue weighted by Gasteiger charge is -2.32. The predicted octanol–water partition coefficient (Wildman–Crippen LogP) is 1.56. The number of nitrogens with zero attached hydrogens (tertiary/aromatic N) is 4. The molecule has 0 spiro atoms. The van der Waals surface area contributed by atoms with Gasteiger partial charge >= 0.3 is 0 Å². The van der Waals surface area contributed by atoms with Crippen LogP contribution in [0.1, 0.15) is 23.3 Å². The van der Waals surface area contributed by atoms with Crippen LogP contribution in [-0.2, 0) is 0 Å². The lowest BCUT2D eigenvalue weighted by atomic mass is 10.1. The van der Waals surface area contributed by atoms with E-state index in [1.165, 1.54) is 13.3 Å². The SMILES string of the molecule is COc1cncc(OC2CCCN(C(=O)c3ccccn3)C2)n1. The molecular formula is C16H18N4O3. The van der Waals surface area contributed by atoms with Crippen molar-refractivity contribution in [3.8, 4) is 11.8 Å². The van der Waals surface area contributed by atoms with Gasteiger partial charge in [0.05, 0.1) is 26.0 Å². The third kappa shape index (κ3) is 3.74. The van der Waals surface area contributed by atoms with Crippen molar-refractivity contribution in [1.82, 2.24) is 19.9 Å². The summed E-state index contributed by atoms with van der Waals surface area (Å²) in [5.74, 6) is 0.733. The molecule has 2 aromatic rings. The second-order valence-corrected chi connectivity index (χ2v) is 5.25. The van der Waals surface area contributed by atoms with Crippen LogP contribution in [0, 0.1) is 0 Å². The molecule has 0 bridgehead atoms. The molecule has 0 aromatic carbocycles. The Labute approximate surface area is 134 Å². The molecule has 1 aliphatic heterocycles. The van der Waals surface area contributed by atoms with Crippen molar-refractivity contribution < 1.29 is 14.3 Å². The molecule has 1 fully saturated rings. The third-order valence-electron chi connectivity index (χ3n) is 3.64. The van der Waals surface area contributed by atoms with Gasteiger partial charge in [0, 0.05) is 12.7 Å². The quantitative estimate of drug-likeness (QED) is 0.852. The first-order valence-electron chi connectivity index (χ1n) is 7.49. The van der Waals surface area contributed by atoms with Gasteiger partial charge in [-0.3, -0.25) is 14.8 Å². The van der Waals surface area contributed by atoms with Crippen molar-refractivity contribution in [2.45, 2.75) is 18.9 Å². The summed E-state index contributed by atoms with van der Waals surface area (Å²) in [5.41, 5.74) is 0.453. The van der Waals surface area contributed by atoms with Crippen LogP contribution in [0.5, 0.6) is 11.8 Å². The fraction of sp³-hybridized carbons (Fsp3) is 0.375. The van der Waals surface area contributed by atoms with Gasteiger partial charge < -0.3 is 14.4 Å². The van der Waals surface area contributed by atoms with E-state index in [4.69, 9.17) is 9.47 Å². The lowest BCUT2D eigenvalue weighted by molar-refractivity contribution is 0.0520. The van der Waals surface area contributed by atoms with Crippen LogP contribution in [0.4, 0.5) is 0 Å². The van der Waals surface area contributed by atoms with Crippen LogP contribution in [0.25, 0.3) is 0 Å². The molecule has 1 saturated heterocycles. The minimum Gasteiger partial charge on any atom is -0.480 e. The topological polar surface area (TPSA) is 77.4 Å². The van der Waals surface area contributed by atoms with Crippen molar-refractivity contribution in [2.75, 3.05) is 20.2 Å². The highest BCUT2D eigenvalue weighted by Gasteiger charge is 2.26. The Morgan fingerprint density at radius 1 is 1.30 bits per heavy atom. The molecule has 1 atom stereocenters. The van der Waals surface area contributed by atoms with Crippen LogP contribution in [0.2, 0.25) is 0 Å². The summed E-state index contributed by atoms with van der Waals surface area (Å²) in [6.07, 6.45) is 6.31. The maximum Gasteiger partial charge on any atom is 0.272 e. The molecule has 120 valence electrons. The average Bonchev–Trinajstić information content (AvgIpc) is 2.62. The van der Waals surface area contributed by atoms with E-state index in [1.807, 2.05) is 6.07 Å². The first-order valence-corrected chi connectivity index (χ1v) is 7.49. The molecule has 0 N–H and O–H groups in total. The number of pyridine rings is 1. The van der Waals surface area contributed by atoms with Gasteiger partial charge in [0.2, 0.25) is 11.8 Å². The number of carbonyl (C=O) groups is 1. The molecule has 1 amide bonds. The largest absolute Gasteiger partial charge is 0.480 e. The van der Waals surface area contributed by atoms with E-state index in [0.717, 1.165) is 12.8 Å². The fourth-order valence-electron chi connectivity index (χ4n) is 2.53. The first-order chi connectivity index (χ1) is 11.3. The molecule has 3 heterocycles. The van der Waals surface area contributed by atoms with Crippen LogP contribution in [0.15, 0.2) is 36.8 Å². The van der Waals surface area contributed by atoms with Gasteiger partial charge in [-0.05, 0) is 25.0 Å². The minimum atomic E-state index is -0.113. The second kappa shape index (κ2) is 7.04. The number of methoxy groups -OCH3 is 1. The number of piperidine rings is 1. The summed E-state index contributed by atoms with van der Waals surface area (Å²) >= 11 is 0. The Morgan fingerprint density at radius 3 is 2.96 bits per heavy atom. The Bertz CT molecular complexity index is 665. The number of rotatable bonds is 4. The summed E-state index contributed by atoms with van der Waals surface area (Å²) in [7, 11) is 1.53. The van der Waals surface area contributed by atoms with Crippen molar-refractivity contribution in [1.29, 1.82) is 0 Å². The van der Waals surface area contributed by atoms with Gasteiger partial charge in [-0.1, -0.05) is 6.07 Å². The molecule has 1 unspecified atom stereocenters. The molecule has 0 saturated carbocycles. The van der Waals surface area contributed by atoms with E-state index in [-0.39, 0.29) is 12.0 Å². The van der Waals surface area contributed by atoms with Crippen molar-refractivity contribution >= 4 is 5.91 Å². The standard InChI is InChI=1S/C16H18N4O3/c1-22-14-9-17-10-15(19-14)23-12-5-4-8-20(11-12)16(21)13-6-2-3-7-18-13/h2-3,6-7,9-10,12H,4-5,8,11H2,1H3. The van der Waals surface area contributed by atoms with E-state index in [0.29, 0.717) is 30.5 Å². The Morgan fingerprint density at radius 2 is 2.17 bits per heavy atom. The van der Waals surface area contributed by atoms with E-state index >= 15 is 0 Å². The van der Waals surface area contributed by atoms with Gasteiger partial charge in [-0.2, -0.15) is 4.98 Å². The maximum atomic E-state index is 12.5. The molecule has 0 radical (unpaired) electrons. The first kappa shape index (κ1) is 15.2. The zero-order chi connectivity index (χ0) is 16.1. The highest BCUT2D eigenvalue weighted by molar-refractivity contribution is 5.92. The van der Waals surface area contributed by atoms with Crippen LogP contribution in [0.3, 0.4) is 0 Å². The van der Waals surface area contributed by atoms with Gasteiger partial charge in [-0.15, -0.1) is 0 Å². The van der Waals surface area contributed by atoms with Gasteiger partial charge in [0.15, 0.2) is 0 Å². The van der Waals surface area contributed by atoms with E-state index in [2.05, 4.69) is 15.0 Å². The molecule has 7 heteroatoms. The van der Waals surface area contributed by atoms with Crippen LogP contribution >= 0.6 is 0 Å². The Kier molecular flexibility index (Phi) is 4.65. The Balaban J connectivity index is 1.65. The van der Waals surface area contributed by atoms with Crippen molar-refractivity contribution in [2.24, 2.45) is 0 Å². The predicted molar refractivity (Wildman–Crippen MR) is 82.4 cm³/mol. The van der Waals surface area contributed by atoms with Gasteiger partial charge in [-0.25, -0.2) is 0 Å². The van der Waals surface area contributed by atoms with Crippen LogP contribution in [-0.4, -0.2) is 52.1 Å². The smallest absolute Gasteiger partial charge is 0.272 e. The number of aromatic nitrogens is 3. The van der Waals surface area contributed by atoms with Crippen molar-refractivity contribution in [3.63, 3.8) is 0 Å². The molecule has 23 heavy (non-hydrogen) atoms. The molecular weight excluding hydrogens is 296 g/mol. The van der Waals surface area contributed by atoms with Gasteiger partial charge in [0.25, 0.3) is 5.91 Å². The number of hydrogen-bond donors (Lipinski definition) is 0. The number of hydrogen-bond acceptors (Lipinski definition) is 6. The monoisotopic (exact) mass is 314 g/mol. The summed E-state index contributed by atoms with van der Waals surface area (Å²) in [4.78, 5) is 26.6. The number of carbonyl (C=O) groups excluding carboxylic acids is 1. The van der Waals surface area contributed by atoms with E-state index < -0.39 is 0 Å². The number of likely N-dealkylation sites (tertiary alicyclic amines) is 1. The van der Waals surface area contributed by atoms with E-state index in [1.54, 1.807) is 29.4 Å².